The molecule has 0 saturated carbocycles. The lowest BCUT2D eigenvalue weighted by atomic mass is 10.3. The average Bonchev–Trinajstić information content (AvgIpc) is 2.63. The van der Waals surface area contributed by atoms with Crippen molar-refractivity contribution >= 4 is 44.8 Å². The summed E-state index contributed by atoms with van der Waals surface area (Å²) in [4.78, 5) is 24.1. The number of hydrogen-bond donors (Lipinski definition) is 4. The third-order valence-electron chi connectivity index (χ3n) is 3.16. The molecule has 0 aliphatic rings. The van der Waals surface area contributed by atoms with E-state index in [4.69, 9.17) is 5.73 Å². The van der Waals surface area contributed by atoms with E-state index >= 15 is 0 Å². The summed E-state index contributed by atoms with van der Waals surface area (Å²) in [5, 5.41) is 3.10. The molecular formula is C16H14BrN7O. The second kappa shape index (κ2) is 7.58. The Hall–Kier alpha value is -3.20. The molecule has 0 aliphatic heterocycles. The van der Waals surface area contributed by atoms with Gasteiger partial charge in [-0.1, -0.05) is 28.1 Å². The normalized spacial score (nSPS) is 10.1. The van der Waals surface area contributed by atoms with Crippen molar-refractivity contribution in [3.8, 4) is 0 Å². The minimum absolute atomic E-state index is 0.267. The number of carbonyl (C=O) groups excluding carboxylic acids is 1. The van der Waals surface area contributed by atoms with E-state index in [9.17, 15) is 4.79 Å². The van der Waals surface area contributed by atoms with E-state index in [1.165, 1.54) is 12.5 Å². The summed E-state index contributed by atoms with van der Waals surface area (Å²) >= 11 is 3.40. The van der Waals surface area contributed by atoms with Crippen LogP contribution >= 0.6 is 15.9 Å². The van der Waals surface area contributed by atoms with Gasteiger partial charge in [-0.05, 0) is 30.3 Å². The van der Waals surface area contributed by atoms with Crippen LogP contribution in [0.25, 0.3) is 0 Å². The van der Waals surface area contributed by atoms with Crippen molar-refractivity contribution in [1.29, 1.82) is 0 Å². The van der Waals surface area contributed by atoms with Gasteiger partial charge in [0, 0.05) is 16.4 Å². The fourth-order valence-electron chi connectivity index (χ4n) is 1.97. The Balaban J connectivity index is 1.72. The number of hydrazine groups is 1. The predicted octanol–water partition coefficient (Wildman–Crippen LogP) is 2.72. The number of anilines is 4. The predicted molar refractivity (Wildman–Crippen MR) is 99.2 cm³/mol. The summed E-state index contributed by atoms with van der Waals surface area (Å²) in [5.41, 5.74) is 12.6. The molecule has 0 radical (unpaired) electrons. The number of amides is 1. The lowest BCUT2D eigenvalue weighted by Crippen LogP contribution is -2.31. The molecule has 2 aromatic heterocycles. The Bertz CT molecular complexity index is 889. The second-order valence-corrected chi connectivity index (χ2v) is 5.83. The van der Waals surface area contributed by atoms with Crippen LogP contribution < -0.4 is 21.9 Å². The first-order valence-corrected chi connectivity index (χ1v) is 8.03. The number of nitrogen functional groups attached to an aromatic ring is 1. The maximum Gasteiger partial charge on any atom is 0.288 e. The highest BCUT2D eigenvalue weighted by atomic mass is 79.9. The fraction of sp³-hybridized carbons (Fsp3) is 0. The topological polar surface area (TPSA) is 118 Å². The highest BCUT2D eigenvalue weighted by molar-refractivity contribution is 9.10. The van der Waals surface area contributed by atoms with Crippen LogP contribution in [0.15, 0.2) is 59.5 Å². The molecule has 0 aliphatic carbocycles. The lowest BCUT2D eigenvalue weighted by Gasteiger charge is -2.13. The van der Waals surface area contributed by atoms with E-state index in [0.717, 1.165) is 10.2 Å². The number of hydrogen-bond acceptors (Lipinski definition) is 7. The maximum absolute atomic E-state index is 12.0. The van der Waals surface area contributed by atoms with Gasteiger partial charge in [0.1, 0.15) is 17.7 Å². The van der Waals surface area contributed by atoms with Crippen molar-refractivity contribution in [2.24, 2.45) is 0 Å². The number of aromatic nitrogens is 3. The van der Waals surface area contributed by atoms with E-state index < -0.39 is 5.91 Å². The van der Waals surface area contributed by atoms with E-state index in [1.54, 1.807) is 18.2 Å². The molecule has 3 aromatic rings. The quantitative estimate of drug-likeness (QED) is 0.487. The van der Waals surface area contributed by atoms with Gasteiger partial charge in [-0.3, -0.25) is 20.6 Å². The van der Waals surface area contributed by atoms with E-state index in [1.807, 2.05) is 24.3 Å². The van der Waals surface area contributed by atoms with Crippen LogP contribution in [0.5, 0.6) is 0 Å². The van der Waals surface area contributed by atoms with Gasteiger partial charge in [-0.25, -0.2) is 9.97 Å². The van der Waals surface area contributed by atoms with Crippen LogP contribution in [0.2, 0.25) is 0 Å². The molecule has 0 fully saturated rings. The Labute approximate surface area is 152 Å². The van der Waals surface area contributed by atoms with Crippen molar-refractivity contribution < 1.29 is 4.79 Å². The third kappa shape index (κ3) is 4.21. The number of halogens is 1. The molecule has 1 amide bonds. The zero-order valence-electron chi connectivity index (χ0n) is 12.9. The molecule has 0 saturated heterocycles. The monoisotopic (exact) mass is 399 g/mol. The smallest absolute Gasteiger partial charge is 0.288 e. The molecule has 0 atom stereocenters. The largest absolute Gasteiger partial charge is 0.393 e. The van der Waals surface area contributed by atoms with Crippen molar-refractivity contribution in [3.05, 3.63) is 65.2 Å². The molecule has 2 heterocycles. The van der Waals surface area contributed by atoms with Crippen molar-refractivity contribution in [1.82, 2.24) is 20.4 Å². The highest BCUT2D eigenvalue weighted by Gasteiger charge is 2.11. The van der Waals surface area contributed by atoms with Gasteiger partial charge in [0.2, 0.25) is 0 Å². The zero-order chi connectivity index (χ0) is 17.6. The summed E-state index contributed by atoms with van der Waals surface area (Å²) in [6.07, 6.45) is 2.87. The Morgan fingerprint density at radius 3 is 2.64 bits per heavy atom. The molecule has 5 N–H and O–H groups in total. The molecule has 9 heteroatoms. The third-order valence-corrected chi connectivity index (χ3v) is 3.66. The summed E-state index contributed by atoms with van der Waals surface area (Å²) in [7, 11) is 0. The van der Waals surface area contributed by atoms with Crippen LogP contribution in [-0.4, -0.2) is 20.9 Å². The van der Waals surface area contributed by atoms with Gasteiger partial charge in [0.25, 0.3) is 5.91 Å². The standard InChI is InChI=1S/C16H14BrN7O/c17-10-4-3-5-11(8-10)22-14-13(18)15(21-9-20-14)23-24-16(25)12-6-1-2-7-19-12/h1-9H,18H2,(H,24,25)(H2,20,21,22,23). The molecule has 0 unspecified atom stereocenters. The molecule has 8 nitrogen and oxygen atoms in total. The maximum atomic E-state index is 12.0. The first-order chi connectivity index (χ1) is 12.1. The first-order valence-electron chi connectivity index (χ1n) is 7.24. The van der Waals surface area contributed by atoms with Crippen LogP contribution in [-0.2, 0) is 0 Å². The zero-order valence-corrected chi connectivity index (χ0v) is 14.5. The van der Waals surface area contributed by atoms with Gasteiger partial charge in [0.15, 0.2) is 11.6 Å². The summed E-state index contributed by atoms with van der Waals surface area (Å²) < 4.78 is 0.922. The fourth-order valence-corrected chi connectivity index (χ4v) is 2.37. The number of benzene rings is 1. The summed E-state index contributed by atoms with van der Waals surface area (Å²) in [6, 6.07) is 12.6. The van der Waals surface area contributed by atoms with Crippen LogP contribution in [0.3, 0.4) is 0 Å². The van der Waals surface area contributed by atoms with Gasteiger partial charge in [0.05, 0.1) is 0 Å². The molecule has 25 heavy (non-hydrogen) atoms. The Morgan fingerprint density at radius 1 is 1.04 bits per heavy atom. The van der Waals surface area contributed by atoms with E-state index in [0.29, 0.717) is 5.82 Å². The Morgan fingerprint density at radius 2 is 1.88 bits per heavy atom. The van der Waals surface area contributed by atoms with Crippen LogP contribution in [0, 0.1) is 0 Å². The molecule has 1 aromatic carbocycles. The second-order valence-electron chi connectivity index (χ2n) is 4.91. The summed E-state index contributed by atoms with van der Waals surface area (Å²) in [6.45, 7) is 0. The minimum atomic E-state index is -0.403. The van der Waals surface area contributed by atoms with Crippen LogP contribution in [0.1, 0.15) is 10.5 Å². The number of rotatable bonds is 5. The van der Waals surface area contributed by atoms with E-state index in [2.05, 4.69) is 47.1 Å². The number of carbonyl (C=O) groups is 1. The average molecular weight is 400 g/mol. The molecular weight excluding hydrogens is 386 g/mol. The number of pyridine rings is 1. The molecule has 126 valence electrons. The summed E-state index contributed by atoms with van der Waals surface area (Å²) in [5.74, 6) is 0.291. The van der Waals surface area contributed by atoms with Crippen LogP contribution in [0.4, 0.5) is 23.0 Å². The minimum Gasteiger partial charge on any atom is -0.393 e. The van der Waals surface area contributed by atoms with Crippen molar-refractivity contribution in [2.45, 2.75) is 0 Å². The number of nitrogens with zero attached hydrogens (tertiary/aromatic N) is 3. The van der Waals surface area contributed by atoms with Crippen molar-refractivity contribution in [3.63, 3.8) is 0 Å². The van der Waals surface area contributed by atoms with Gasteiger partial charge in [-0.2, -0.15) is 0 Å². The SMILES string of the molecule is Nc1c(NNC(=O)c2ccccn2)ncnc1Nc1cccc(Br)c1. The molecule has 0 bridgehead atoms. The van der Waals surface area contributed by atoms with E-state index in [-0.39, 0.29) is 17.2 Å². The van der Waals surface area contributed by atoms with Gasteiger partial charge in [-0.15, -0.1) is 0 Å². The molecule has 3 rings (SSSR count). The number of nitrogens with one attached hydrogen (secondary N) is 3. The highest BCUT2D eigenvalue weighted by Crippen LogP contribution is 2.26. The molecule has 0 spiro atoms. The van der Waals surface area contributed by atoms with Crippen molar-refractivity contribution in [2.75, 3.05) is 16.5 Å². The Kier molecular flexibility index (Phi) is 5.05. The van der Waals surface area contributed by atoms with Gasteiger partial charge >= 0.3 is 0 Å². The first kappa shape index (κ1) is 16.7. The van der Waals surface area contributed by atoms with Gasteiger partial charge < -0.3 is 11.1 Å². The number of nitrogens with two attached hydrogens (primary N) is 1. The lowest BCUT2D eigenvalue weighted by molar-refractivity contribution is 0.0957.